The molecule has 1 aromatic heterocycles. The molecule has 0 radical (unpaired) electrons. The largest absolute Gasteiger partial charge is 0.494 e. The fourth-order valence-electron chi connectivity index (χ4n) is 2.09. The maximum atomic E-state index is 13.7. The highest BCUT2D eigenvalue weighted by atomic mass is 35.5. The highest BCUT2D eigenvalue weighted by Crippen LogP contribution is 2.19. The summed E-state index contributed by atoms with van der Waals surface area (Å²) in [6, 6.07) is 5.86. The molecule has 0 aliphatic heterocycles. The number of hydrogen-bond acceptors (Lipinski definition) is 3. The molecule has 1 aromatic carbocycles. The molecule has 1 heterocycles. The van der Waals surface area contributed by atoms with E-state index in [1.807, 2.05) is 13.8 Å². The van der Waals surface area contributed by atoms with Crippen LogP contribution in [0.25, 0.3) is 0 Å². The Hall–Kier alpha value is -1.88. The second kappa shape index (κ2) is 6.26. The zero-order chi connectivity index (χ0) is 15.6. The molecule has 0 fully saturated rings. The van der Waals surface area contributed by atoms with Crippen molar-refractivity contribution in [2.75, 3.05) is 7.11 Å². The lowest BCUT2D eigenvalue weighted by molar-refractivity contribution is 0.386. The summed E-state index contributed by atoms with van der Waals surface area (Å²) in [6.45, 7) is 4.07. The van der Waals surface area contributed by atoms with Crippen molar-refractivity contribution in [3.05, 3.63) is 57.0 Å². The van der Waals surface area contributed by atoms with Gasteiger partial charge in [-0.2, -0.15) is 0 Å². The lowest BCUT2D eigenvalue weighted by Gasteiger charge is -2.15. The van der Waals surface area contributed by atoms with Crippen LogP contribution in [-0.2, 0) is 6.54 Å². The monoisotopic (exact) mass is 310 g/mol. The summed E-state index contributed by atoms with van der Waals surface area (Å²) >= 11 is 5.83. The van der Waals surface area contributed by atoms with Gasteiger partial charge in [0, 0.05) is 12.0 Å². The van der Waals surface area contributed by atoms with Crippen molar-refractivity contribution in [3.8, 4) is 5.75 Å². The van der Waals surface area contributed by atoms with Gasteiger partial charge in [0.05, 0.1) is 13.7 Å². The maximum absolute atomic E-state index is 13.7. The Morgan fingerprint density at radius 1 is 1.38 bits per heavy atom. The first-order chi connectivity index (χ1) is 9.92. The number of methoxy groups -OCH3 is 1. The second-order valence-electron chi connectivity index (χ2n) is 4.99. The lowest BCUT2D eigenvalue weighted by atomic mass is 10.1. The van der Waals surface area contributed by atoms with Gasteiger partial charge in [-0.1, -0.05) is 31.5 Å². The van der Waals surface area contributed by atoms with Crippen molar-refractivity contribution in [3.63, 3.8) is 0 Å². The summed E-state index contributed by atoms with van der Waals surface area (Å²) in [5.74, 6) is 0.309. The van der Waals surface area contributed by atoms with Crippen molar-refractivity contribution < 1.29 is 9.13 Å². The lowest BCUT2D eigenvalue weighted by Crippen LogP contribution is -2.25. The normalized spacial score (nSPS) is 11.0. The molecule has 2 rings (SSSR count). The smallest absolute Gasteiger partial charge is 0.255 e. The van der Waals surface area contributed by atoms with E-state index in [9.17, 15) is 9.18 Å². The predicted molar refractivity (Wildman–Crippen MR) is 79.7 cm³/mol. The van der Waals surface area contributed by atoms with Gasteiger partial charge in [0.2, 0.25) is 0 Å². The van der Waals surface area contributed by atoms with Crippen LogP contribution in [0.1, 0.15) is 31.2 Å². The topological polar surface area (TPSA) is 44.1 Å². The number of halogens is 2. The molecule has 0 aliphatic carbocycles. The van der Waals surface area contributed by atoms with Crippen molar-refractivity contribution in [1.82, 2.24) is 9.55 Å². The van der Waals surface area contributed by atoms with Gasteiger partial charge in [-0.15, -0.1) is 0 Å². The van der Waals surface area contributed by atoms with Gasteiger partial charge in [0.1, 0.15) is 11.0 Å². The molecule has 0 bridgehead atoms. The van der Waals surface area contributed by atoms with E-state index in [0.717, 1.165) is 0 Å². The molecule has 0 saturated carbocycles. The highest BCUT2D eigenvalue weighted by molar-refractivity contribution is 6.29. The Balaban J connectivity index is 2.44. The average Bonchev–Trinajstić information content (AvgIpc) is 2.41. The van der Waals surface area contributed by atoms with E-state index in [-0.39, 0.29) is 28.9 Å². The van der Waals surface area contributed by atoms with Crippen molar-refractivity contribution in [2.24, 2.45) is 0 Å². The summed E-state index contributed by atoms with van der Waals surface area (Å²) in [6.07, 6.45) is 0. The highest BCUT2D eigenvalue weighted by Gasteiger charge is 2.13. The van der Waals surface area contributed by atoms with E-state index in [0.29, 0.717) is 11.4 Å². The first-order valence-corrected chi connectivity index (χ1v) is 6.90. The molecule has 0 spiro atoms. The van der Waals surface area contributed by atoms with Gasteiger partial charge >= 0.3 is 0 Å². The first-order valence-electron chi connectivity index (χ1n) is 6.52. The summed E-state index contributed by atoms with van der Waals surface area (Å²) in [5, 5.41) is 0.167. The molecule has 6 heteroatoms. The number of aromatic nitrogens is 2. The van der Waals surface area contributed by atoms with Gasteiger partial charge in [0.25, 0.3) is 5.56 Å². The zero-order valence-corrected chi connectivity index (χ0v) is 12.8. The molecular formula is C15H16ClFN2O2. The molecule has 0 amide bonds. The predicted octanol–water partition coefficient (Wildman–Crippen LogP) is 3.22. The van der Waals surface area contributed by atoms with E-state index < -0.39 is 5.82 Å². The van der Waals surface area contributed by atoms with Crippen LogP contribution in [0.15, 0.2) is 29.1 Å². The fraction of sp³-hybridized carbons (Fsp3) is 0.333. The first kappa shape index (κ1) is 15.5. The minimum atomic E-state index is -0.462. The van der Waals surface area contributed by atoms with Crippen LogP contribution in [0.2, 0.25) is 5.15 Å². The fourth-order valence-corrected chi connectivity index (χ4v) is 2.27. The van der Waals surface area contributed by atoms with Crippen molar-refractivity contribution >= 4 is 11.6 Å². The molecule has 0 saturated heterocycles. The minimum absolute atomic E-state index is 0.0273. The molecule has 0 atom stereocenters. The summed E-state index contributed by atoms with van der Waals surface area (Å²) < 4.78 is 20.1. The zero-order valence-electron chi connectivity index (χ0n) is 12.1. The van der Waals surface area contributed by atoms with Crippen LogP contribution in [0.4, 0.5) is 4.39 Å². The summed E-state index contributed by atoms with van der Waals surface area (Å²) in [4.78, 5) is 16.3. The Labute approximate surface area is 127 Å². The number of ether oxygens (including phenoxy) is 1. The quantitative estimate of drug-likeness (QED) is 0.814. The van der Waals surface area contributed by atoms with Gasteiger partial charge in [-0.25, -0.2) is 9.37 Å². The van der Waals surface area contributed by atoms with E-state index in [1.165, 1.54) is 29.9 Å². The van der Waals surface area contributed by atoms with Crippen LogP contribution in [-0.4, -0.2) is 16.7 Å². The van der Waals surface area contributed by atoms with Crippen LogP contribution in [0.5, 0.6) is 5.75 Å². The summed E-state index contributed by atoms with van der Waals surface area (Å²) in [5.41, 5.74) is 0.399. The molecule has 0 aliphatic rings. The maximum Gasteiger partial charge on any atom is 0.255 e. The molecule has 2 aromatic rings. The van der Waals surface area contributed by atoms with Crippen molar-refractivity contribution in [1.29, 1.82) is 0 Å². The third-order valence-corrected chi connectivity index (χ3v) is 3.27. The third-order valence-electron chi connectivity index (χ3n) is 3.08. The molecular weight excluding hydrogens is 295 g/mol. The summed E-state index contributed by atoms with van der Waals surface area (Å²) in [7, 11) is 1.41. The Morgan fingerprint density at radius 2 is 2.10 bits per heavy atom. The Morgan fingerprint density at radius 3 is 2.67 bits per heavy atom. The number of rotatable bonds is 4. The molecule has 0 unspecified atom stereocenters. The van der Waals surface area contributed by atoms with E-state index in [2.05, 4.69) is 4.98 Å². The van der Waals surface area contributed by atoms with Crippen LogP contribution in [0.3, 0.4) is 0 Å². The Bertz CT molecular complexity index is 713. The molecule has 112 valence electrons. The van der Waals surface area contributed by atoms with Crippen LogP contribution < -0.4 is 10.3 Å². The van der Waals surface area contributed by atoms with Gasteiger partial charge in [-0.05, 0) is 17.7 Å². The standard InChI is InChI=1S/C15H16ClFN2O2/c1-9(2)15-18-13(16)7-14(20)19(15)8-10-4-5-12(21-3)11(17)6-10/h4-7,9H,8H2,1-3H3. The van der Waals surface area contributed by atoms with Gasteiger partial charge in [0.15, 0.2) is 11.6 Å². The third kappa shape index (κ3) is 3.42. The van der Waals surface area contributed by atoms with E-state index in [1.54, 1.807) is 6.07 Å². The number of nitrogens with zero attached hydrogens (tertiary/aromatic N) is 2. The molecule has 4 nitrogen and oxygen atoms in total. The van der Waals surface area contributed by atoms with Gasteiger partial charge in [-0.3, -0.25) is 9.36 Å². The molecule has 21 heavy (non-hydrogen) atoms. The second-order valence-corrected chi connectivity index (χ2v) is 5.37. The van der Waals surface area contributed by atoms with Gasteiger partial charge < -0.3 is 4.74 Å². The van der Waals surface area contributed by atoms with E-state index in [4.69, 9.17) is 16.3 Å². The van der Waals surface area contributed by atoms with Crippen LogP contribution >= 0.6 is 11.6 Å². The Kier molecular flexibility index (Phi) is 4.63. The van der Waals surface area contributed by atoms with Crippen molar-refractivity contribution in [2.45, 2.75) is 26.3 Å². The van der Waals surface area contributed by atoms with Crippen LogP contribution in [0, 0.1) is 5.82 Å². The average molecular weight is 311 g/mol. The SMILES string of the molecule is COc1ccc(Cn2c(C(C)C)nc(Cl)cc2=O)cc1F. The number of benzene rings is 1. The number of hydrogen-bond donors (Lipinski definition) is 0. The minimum Gasteiger partial charge on any atom is -0.494 e. The van der Waals surface area contributed by atoms with E-state index >= 15 is 0 Å². The molecule has 0 N–H and O–H groups in total.